The van der Waals surface area contributed by atoms with Crippen LogP contribution in [0.2, 0.25) is 0 Å². The minimum absolute atomic E-state index is 0.00992. The molecule has 0 saturated heterocycles. The van der Waals surface area contributed by atoms with Crippen molar-refractivity contribution in [2.24, 2.45) is 4.99 Å². The first-order valence-corrected chi connectivity index (χ1v) is 11.4. The highest BCUT2D eigenvalue weighted by atomic mass is 32.2. The molecule has 6 nitrogen and oxygen atoms in total. The Morgan fingerprint density at radius 2 is 1.64 bits per heavy atom. The van der Waals surface area contributed by atoms with Gasteiger partial charge in [0.15, 0.2) is 5.17 Å². The summed E-state index contributed by atoms with van der Waals surface area (Å²) < 4.78 is 5.82. The van der Waals surface area contributed by atoms with Crippen molar-refractivity contribution in [3.63, 3.8) is 0 Å². The Hall–Kier alpha value is -3.84. The second-order valence-corrected chi connectivity index (χ2v) is 8.30. The number of carbonyl (C=O) groups excluding carboxylic acids is 1. The normalized spacial score (nSPS) is 14.4. The SMILES string of the molecule is O=C(O)CCSC1=N/C(=C\c2ccc(OCc3ccccc3)cc2)C(=O)N1c1ccccc1. The minimum Gasteiger partial charge on any atom is -0.489 e. The summed E-state index contributed by atoms with van der Waals surface area (Å²) in [5.74, 6) is -0.0727. The predicted molar refractivity (Wildman–Crippen MR) is 131 cm³/mol. The summed E-state index contributed by atoms with van der Waals surface area (Å²) in [6, 6.07) is 26.6. The van der Waals surface area contributed by atoms with Crippen LogP contribution in [-0.4, -0.2) is 27.9 Å². The van der Waals surface area contributed by atoms with E-state index in [1.165, 1.54) is 16.7 Å². The van der Waals surface area contributed by atoms with Crippen LogP contribution in [0.3, 0.4) is 0 Å². The summed E-state index contributed by atoms with van der Waals surface area (Å²) in [6.45, 7) is 0.479. The van der Waals surface area contributed by atoms with E-state index in [4.69, 9.17) is 9.84 Å². The van der Waals surface area contributed by atoms with Crippen molar-refractivity contribution in [3.8, 4) is 5.75 Å². The number of carboxylic acid groups (broad SMARTS) is 1. The van der Waals surface area contributed by atoms with Crippen molar-refractivity contribution in [3.05, 3.63) is 102 Å². The molecule has 0 aliphatic carbocycles. The number of thioether (sulfide) groups is 1. The second-order valence-electron chi connectivity index (χ2n) is 7.24. The Labute approximate surface area is 196 Å². The van der Waals surface area contributed by atoms with Crippen LogP contribution in [0.15, 0.2) is 95.6 Å². The van der Waals surface area contributed by atoms with E-state index in [9.17, 15) is 9.59 Å². The number of amidine groups is 1. The zero-order chi connectivity index (χ0) is 23.0. The molecule has 3 aromatic carbocycles. The van der Waals surface area contributed by atoms with Gasteiger partial charge in [0, 0.05) is 5.75 Å². The smallest absolute Gasteiger partial charge is 0.304 e. The summed E-state index contributed by atoms with van der Waals surface area (Å²) in [5, 5.41) is 9.41. The number of carbonyl (C=O) groups is 2. The van der Waals surface area contributed by atoms with Crippen LogP contribution in [0.5, 0.6) is 5.75 Å². The molecular formula is C26H22N2O4S. The average Bonchev–Trinajstić information content (AvgIpc) is 3.14. The molecule has 0 atom stereocenters. The molecule has 0 aromatic heterocycles. The minimum atomic E-state index is -0.885. The standard InChI is InChI=1S/C26H22N2O4S/c29-24(30)15-16-33-26-27-23(25(31)28(26)21-9-5-2-6-10-21)17-19-11-13-22(14-12-19)32-18-20-7-3-1-4-8-20/h1-14,17H,15-16,18H2,(H,29,30)/b23-17-. The van der Waals surface area contributed by atoms with Gasteiger partial charge >= 0.3 is 5.97 Å². The van der Waals surface area contributed by atoms with E-state index in [-0.39, 0.29) is 12.3 Å². The maximum Gasteiger partial charge on any atom is 0.304 e. The van der Waals surface area contributed by atoms with Gasteiger partial charge in [-0.15, -0.1) is 0 Å². The highest BCUT2D eigenvalue weighted by Gasteiger charge is 2.31. The van der Waals surface area contributed by atoms with E-state index in [0.29, 0.717) is 28.9 Å². The molecule has 4 rings (SSSR count). The first kappa shape index (κ1) is 22.4. The van der Waals surface area contributed by atoms with Gasteiger partial charge in [-0.25, -0.2) is 4.99 Å². The predicted octanol–water partition coefficient (Wildman–Crippen LogP) is 5.22. The highest BCUT2D eigenvalue weighted by molar-refractivity contribution is 8.14. The molecule has 1 heterocycles. The first-order valence-electron chi connectivity index (χ1n) is 10.4. The molecule has 1 aliphatic heterocycles. The zero-order valence-corrected chi connectivity index (χ0v) is 18.6. The van der Waals surface area contributed by atoms with E-state index < -0.39 is 5.97 Å². The van der Waals surface area contributed by atoms with E-state index in [2.05, 4.69) is 4.99 Å². The van der Waals surface area contributed by atoms with E-state index in [0.717, 1.165) is 16.9 Å². The topological polar surface area (TPSA) is 79.2 Å². The van der Waals surface area contributed by atoms with Crippen LogP contribution in [0.4, 0.5) is 5.69 Å². The molecule has 166 valence electrons. The molecule has 0 bridgehead atoms. The number of hydrogen-bond donors (Lipinski definition) is 1. The molecule has 1 aliphatic rings. The average molecular weight is 459 g/mol. The zero-order valence-electron chi connectivity index (χ0n) is 17.8. The van der Waals surface area contributed by atoms with Crippen molar-refractivity contribution in [2.75, 3.05) is 10.7 Å². The Balaban J connectivity index is 1.50. The number of amides is 1. The molecule has 0 spiro atoms. The molecule has 33 heavy (non-hydrogen) atoms. The maximum absolute atomic E-state index is 13.1. The lowest BCUT2D eigenvalue weighted by atomic mass is 10.2. The molecule has 1 amide bonds. The third kappa shape index (κ3) is 5.90. The van der Waals surface area contributed by atoms with Crippen LogP contribution in [0.1, 0.15) is 17.5 Å². The molecular weight excluding hydrogens is 436 g/mol. The lowest BCUT2D eigenvalue weighted by molar-refractivity contribution is -0.136. The molecule has 3 aromatic rings. The highest BCUT2D eigenvalue weighted by Crippen LogP contribution is 2.29. The Bertz CT molecular complexity index is 1180. The van der Waals surface area contributed by atoms with E-state index in [1.54, 1.807) is 6.08 Å². The van der Waals surface area contributed by atoms with Crippen LogP contribution in [0.25, 0.3) is 6.08 Å². The van der Waals surface area contributed by atoms with Gasteiger partial charge in [-0.1, -0.05) is 72.4 Å². The number of aliphatic imine (C=N–C) groups is 1. The lowest BCUT2D eigenvalue weighted by Crippen LogP contribution is -2.30. The van der Waals surface area contributed by atoms with Crippen molar-refractivity contribution in [1.82, 2.24) is 0 Å². The number of nitrogens with zero attached hydrogens (tertiary/aromatic N) is 2. The van der Waals surface area contributed by atoms with Gasteiger partial charge in [0.05, 0.1) is 12.1 Å². The van der Waals surface area contributed by atoms with Crippen LogP contribution in [-0.2, 0) is 16.2 Å². The number of benzene rings is 3. The Morgan fingerprint density at radius 1 is 0.970 bits per heavy atom. The molecule has 1 N–H and O–H groups in total. The fourth-order valence-corrected chi connectivity index (χ4v) is 4.13. The van der Waals surface area contributed by atoms with Gasteiger partial charge in [-0.2, -0.15) is 0 Å². The molecule has 7 heteroatoms. The third-order valence-electron chi connectivity index (χ3n) is 4.82. The largest absolute Gasteiger partial charge is 0.489 e. The third-order valence-corrected chi connectivity index (χ3v) is 5.76. The summed E-state index contributed by atoms with van der Waals surface area (Å²) in [5.41, 5.74) is 2.90. The van der Waals surface area contributed by atoms with E-state index >= 15 is 0 Å². The first-order chi connectivity index (χ1) is 16.1. The van der Waals surface area contributed by atoms with Gasteiger partial charge in [0.25, 0.3) is 5.91 Å². The van der Waals surface area contributed by atoms with Crippen LogP contribution >= 0.6 is 11.8 Å². The van der Waals surface area contributed by atoms with Gasteiger partial charge in [-0.3, -0.25) is 14.5 Å². The van der Waals surface area contributed by atoms with Gasteiger partial charge < -0.3 is 9.84 Å². The second kappa shape index (κ2) is 10.7. The summed E-state index contributed by atoms with van der Waals surface area (Å²) in [4.78, 5) is 30.1. The molecule has 0 saturated carbocycles. The number of carboxylic acids is 1. The fraction of sp³-hybridized carbons (Fsp3) is 0.115. The number of anilines is 1. The van der Waals surface area contributed by atoms with Crippen molar-refractivity contribution < 1.29 is 19.4 Å². The van der Waals surface area contributed by atoms with Crippen molar-refractivity contribution in [1.29, 1.82) is 0 Å². The number of hydrogen-bond acceptors (Lipinski definition) is 5. The van der Waals surface area contributed by atoms with Gasteiger partial charge in [0.1, 0.15) is 18.1 Å². The van der Waals surface area contributed by atoms with Gasteiger partial charge in [-0.05, 0) is 41.5 Å². The van der Waals surface area contributed by atoms with Gasteiger partial charge in [0.2, 0.25) is 0 Å². The van der Waals surface area contributed by atoms with Crippen molar-refractivity contribution >= 4 is 40.6 Å². The lowest BCUT2D eigenvalue weighted by Gasteiger charge is -2.17. The maximum atomic E-state index is 13.1. The quantitative estimate of drug-likeness (QED) is 0.469. The molecule has 0 radical (unpaired) electrons. The number of aliphatic carboxylic acids is 1. The van der Waals surface area contributed by atoms with E-state index in [1.807, 2.05) is 84.9 Å². The summed E-state index contributed by atoms with van der Waals surface area (Å²) >= 11 is 1.25. The molecule has 0 fully saturated rings. The van der Waals surface area contributed by atoms with Crippen molar-refractivity contribution in [2.45, 2.75) is 13.0 Å². The molecule has 0 unspecified atom stereocenters. The Morgan fingerprint density at radius 3 is 2.30 bits per heavy atom. The van der Waals surface area contributed by atoms with Crippen LogP contribution < -0.4 is 9.64 Å². The fourth-order valence-electron chi connectivity index (χ4n) is 3.19. The monoisotopic (exact) mass is 458 g/mol. The number of para-hydroxylation sites is 1. The number of ether oxygens (including phenoxy) is 1. The summed E-state index contributed by atoms with van der Waals surface area (Å²) in [6.07, 6.45) is 1.72. The van der Waals surface area contributed by atoms with Crippen LogP contribution in [0, 0.1) is 0 Å². The Kier molecular flexibility index (Phi) is 7.22. The number of rotatable bonds is 8. The summed E-state index contributed by atoms with van der Waals surface area (Å²) in [7, 11) is 0.